The Hall–Kier alpha value is -2.37. The molecular weight excluding hydrogens is 318 g/mol. The van der Waals surface area contributed by atoms with E-state index in [9.17, 15) is 4.79 Å². The Labute approximate surface area is 147 Å². The highest BCUT2D eigenvalue weighted by Gasteiger charge is 2.37. The van der Waals surface area contributed by atoms with E-state index in [4.69, 9.17) is 9.26 Å². The quantitative estimate of drug-likeness (QED) is 0.835. The van der Waals surface area contributed by atoms with Crippen molar-refractivity contribution in [1.82, 2.24) is 15.0 Å². The van der Waals surface area contributed by atoms with E-state index in [1.54, 1.807) is 0 Å². The summed E-state index contributed by atoms with van der Waals surface area (Å²) in [4.78, 5) is 18.9. The Morgan fingerprint density at radius 1 is 1.16 bits per heavy atom. The molecule has 1 aromatic heterocycles. The highest BCUT2D eigenvalue weighted by molar-refractivity contribution is 5.79. The number of carbonyl (C=O) groups is 1. The highest BCUT2D eigenvalue weighted by atomic mass is 16.5. The summed E-state index contributed by atoms with van der Waals surface area (Å²) in [5.74, 6) is 2.09. The molecule has 1 saturated heterocycles. The number of para-hydroxylation sites is 1. The molecule has 2 fully saturated rings. The molecule has 0 N–H and O–H groups in total. The van der Waals surface area contributed by atoms with Crippen molar-refractivity contribution in [2.24, 2.45) is 0 Å². The van der Waals surface area contributed by atoms with Crippen molar-refractivity contribution >= 4 is 5.91 Å². The minimum atomic E-state index is 0.0312. The maximum absolute atomic E-state index is 12.4. The number of aromatic nitrogens is 2. The van der Waals surface area contributed by atoms with Gasteiger partial charge in [0.15, 0.2) is 12.4 Å². The average molecular weight is 341 g/mol. The molecule has 1 saturated carbocycles. The normalized spacial score (nSPS) is 21.7. The van der Waals surface area contributed by atoms with Crippen molar-refractivity contribution in [2.45, 2.75) is 57.1 Å². The van der Waals surface area contributed by atoms with E-state index in [2.05, 4.69) is 10.1 Å². The van der Waals surface area contributed by atoms with Gasteiger partial charge in [-0.25, -0.2) is 0 Å². The lowest BCUT2D eigenvalue weighted by molar-refractivity contribution is -0.130. The van der Waals surface area contributed by atoms with Gasteiger partial charge in [-0.3, -0.25) is 4.79 Å². The molecule has 0 spiro atoms. The first-order valence-corrected chi connectivity index (χ1v) is 9.09. The molecule has 2 aromatic rings. The molecule has 1 aliphatic carbocycles. The Balaban J connectivity index is 1.36. The monoisotopic (exact) mass is 341 g/mol. The number of likely N-dealkylation sites (tertiary alicyclic amines) is 1. The number of hydrogen-bond acceptors (Lipinski definition) is 5. The van der Waals surface area contributed by atoms with Crippen molar-refractivity contribution in [3.8, 4) is 5.75 Å². The topological polar surface area (TPSA) is 68.5 Å². The minimum Gasteiger partial charge on any atom is -0.484 e. The van der Waals surface area contributed by atoms with Crippen molar-refractivity contribution in [3.63, 3.8) is 0 Å². The van der Waals surface area contributed by atoms with Crippen LogP contribution in [0.15, 0.2) is 34.9 Å². The summed E-state index contributed by atoms with van der Waals surface area (Å²) in [6.07, 6.45) is 6.47. The Kier molecular flexibility index (Phi) is 4.68. The standard InChI is InChI=1S/C19H23N3O3/c23-18-11-14(12-22(18)15-7-3-1-4-8-15)19-20-17(25-21-19)13-24-16-9-5-2-6-10-16/h2,5-6,9-10,14-15H,1,3-4,7-8,11-13H2. The summed E-state index contributed by atoms with van der Waals surface area (Å²) in [6.45, 7) is 0.950. The second-order valence-electron chi connectivity index (χ2n) is 6.89. The maximum Gasteiger partial charge on any atom is 0.264 e. The van der Waals surface area contributed by atoms with Crippen LogP contribution < -0.4 is 4.74 Å². The van der Waals surface area contributed by atoms with Crippen LogP contribution in [-0.2, 0) is 11.4 Å². The van der Waals surface area contributed by atoms with E-state index < -0.39 is 0 Å². The molecule has 1 aliphatic heterocycles. The molecule has 6 heteroatoms. The summed E-state index contributed by atoms with van der Waals surface area (Å²) in [7, 11) is 0. The Bertz CT molecular complexity index is 710. The fourth-order valence-corrected chi connectivity index (χ4v) is 3.80. The lowest BCUT2D eigenvalue weighted by Gasteiger charge is -2.31. The average Bonchev–Trinajstić information content (AvgIpc) is 3.28. The van der Waals surface area contributed by atoms with Gasteiger partial charge in [0.05, 0.1) is 0 Å². The second kappa shape index (κ2) is 7.25. The van der Waals surface area contributed by atoms with Gasteiger partial charge in [-0.2, -0.15) is 4.98 Å². The van der Waals surface area contributed by atoms with E-state index in [1.807, 2.05) is 35.2 Å². The van der Waals surface area contributed by atoms with Crippen LogP contribution in [0.2, 0.25) is 0 Å². The number of ether oxygens (including phenoxy) is 1. The zero-order chi connectivity index (χ0) is 17.1. The number of hydrogen-bond donors (Lipinski definition) is 0. The van der Waals surface area contributed by atoms with Gasteiger partial charge in [0.25, 0.3) is 5.89 Å². The van der Waals surface area contributed by atoms with Crippen LogP contribution in [0.3, 0.4) is 0 Å². The molecule has 0 bridgehead atoms. The fraction of sp³-hybridized carbons (Fsp3) is 0.526. The van der Waals surface area contributed by atoms with Crippen LogP contribution in [0, 0.1) is 0 Å². The van der Waals surface area contributed by atoms with Gasteiger partial charge in [-0.15, -0.1) is 0 Å². The summed E-state index contributed by atoms with van der Waals surface area (Å²) < 4.78 is 10.9. The summed E-state index contributed by atoms with van der Waals surface area (Å²) in [5.41, 5.74) is 0. The smallest absolute Gasteiger partial charge is 0.264 e. The number of nitrogens with zero attached hydrogens (tertiary/aromatic N) is 3. The predicted octanol–water partition coefficient (Wildman–Crippen LogP) is 3.30. The molecule has 0 radical (unpaired) electrons. The first kappa shape index (κ1) is 16.1. The van der Waals surface area contributed by atoms with Crippen LogP contribution in [-0.4, -0.2) is 33.5 Å². The van der Waals surface area contributed by atoms with E-state index in [0.29, 0.717) is 30.7 Å². The summed E-state index contributed by atoms with van der Waals surface area (Å²) in [6, 6.07) is 9.94. The summed E-state index contributed by atoms with van der Waals surface area (Å²) in [5, 5.41) is 4.08. The number of carbonyl (C=O) groups excluding carboxylic acids is 1. The molecule has 1 aromatic carbocycles. The second-order valence-corrected chi connectivity index (χ2v) is 6.89. The first-order chi connectivity index (χ1) is 12.3. The first-order valence-electron chi connectivity index (χ1n) is 9.09. The third kappa shape index (κ3) is 3.67. The molecule has 1 amide bonds. The number of amides is 1. The van der Waals surface area contributed by atoms with Gasteiger partial charge in [-0.05, 0) is 25.0 Å². The van der Waals surface area contributed by atoms with E-state index >= 15 is 0 Å². The van der Waals surface area contributed by atoms with Crippen LogP contribution in [0.4, 0.5) is 0 Å². The van der Waals surface area contributed by atoms with E-state index in [0.717, 1.165) is 18.6 Å². The minimum absolute atomic E-state index is 0.0312. The third-order valence-electron chi connectivity index (χ3n) is 5.13. The SMILES string of the molecule is O=C1CC(c2noc(COc3ccccc3)n2)CN1C1CCCCC1. The molecule has 1 atom stereocenters. The van der Waals surface area contributed by atoms with Gasteiger partial charge in [-0.1, -0.05) is 42.6 Å². The molecular formula is C19H23N3O3. The van der Waals surface area contributed by atoms with Crippen LogP contribution >= 0.6 is 0 Å². The van der Waals surface area contributed by atoms with Crippen LogP contribution in [0.25, 0.3) is 0 Å². The molecule has 2 heterocycles. The van der Waals surface area contributed by atoms with Gasteiger partial charge in [0, 0.05) is 24.9 Å². The number of benzene rings is 1. The molecule has 25 heavy (non-hydrogen) atoms. The van der Waals surface area contributed by atoms with Crippen molar-refractivity contribution in [2.75, 3.05) is 6.54 Å². The summed E-state index contributed by atoms with van der Waals surface area (Å²) >= 11 is 0. The zero-order valence-electron chi connectivity index (χ0n) is 14.3. The Morgan fingerprint density at radius 3 is 2.76 bits per heavy atom. The molecule has 2 aliphatic rings. The Morgan fingerprint density at radius 2 is 1.96 bits per heavy atom. The van der Waals surface area contributed by atoms with Crippen molar-refractivity contribution < 1.29 is 14.1 Å². The van der Waals surface area contributed by atoms with Crippen LogP contribution in [0.1, 0.15) is 56.2 Å². The van der Waals surface area contributed by atoms with E-state index in [1.165, 1.54) is 19.3 Å². The van der Waals surface area contributed by atoms with Crippen molar-refractivity contribution in [3.05, 3.63) is 42.0 Å². The molecule has 6 nitrogen and oxygen atoms in total. The fourth-order valence-electron chi connectivity index (χ4n) is 3.80. The lowest BCUT2D eigenvalue weighted by atomic mass is 9.94. The lowest BCUT2D eigenvalue weighted by Crippen LogP contribution is -2.37. The van der Waals surface area contributed by atoms with Gasteiger partial charge >= 0.3 is 0 Å². The predicted molar refractivity (Wildman–Crippen MR) is 91.0 cm³/mol. The largest absolute Gasteiger partial charge is 0.484 e. The van der Waals surface area contributed by atoms with Gasteiger partial charge in [0.2, 0.25) is 5.91 Å². The zero-order valence-corrected chi connectivity index (χ0v) is 14.3. The van der Waals surface area contributed by atoms with Crippen LogP contribution in [0.5, 0.6) is 5.75 Å². The van der Waals surface area contributed by atoms with Crippen molar-refractivity contribution in [1.29, 1.82) is 0 Å². The number of rotatable bonds is 5. The maximum atomic E-state index is 12.4. The molecule has 1 unspecified atom stereocenters. The van der Waals surface area contributed by atoms with Gasteiger partial charge < -0.3 is 14.2 Å². The van der Waals surface area contributed by atoms with Gasteiger partial charge in [0.1, 0.15) is 5.75 Å². The van der Waals surface area contributed by atoms with E-state index in [-0.39, 0.29) is 18.4 Å². The molecule has 132 valence electrons. The molecule has 4 rings (SSSR count). The third-order valence-corrected chi connectivity index (χ3v) is 5.13. The highest BCUT2D eigenvalue weighted by Crippen LogP contribution is 2.32.